The van der Waals surface area contributed by atoms with Crippen LogP contribution in [0.1, 0.15) is 65.4 Å². The first-order valence-electron chi connectivity index (χ1n) is 11.1. The van der Waals surface area contributed by atoms with Gasteiger partial charge >= 0.3 is 12.3 Å². The zero-order valence-electron chi connectivity index (χ0n) is 19.2. The van der Waals surface area contributed by atoms with Gasteiger partial charge in [-0.15, -0.1) is 13.2 Å². The minimum absolute atomic E-state index is 0.0873. The van der Waals surface area contributed by atoms with Gasteiger partial charge in [-0.1, -0.05) is 4.40 Å². The first-order valence-corrected chi connectivity index (χ1v) is 12.2. The molecule has 1 aliphatic heterocycles. The number of nitrogens with zero attached hydrogens (tertiary/aromatic N) is 1. The molecule has 0 saturated heterocycles. The first kappa shape index (κ1) is 25.7. The Labute approximate surface area is 195 Å². The van der Waals surface area contributed by atoms with Crippen molar-refractivity contribution in [3.63, 3.8) is 0 Å². The van der Waals surface area contributed by atoms with E-state index < -0.39 is 22.5 Å². The predicted molar refractivity (Wildman–Crippen MR) is 119 cm³/mol. The number of carbonyl (C=O) groups is 1. The highest BCUT2D eigenvalue weighted by Crippen LogP contribution is 2.40. The molecular weight excluding hydrogens is 459 g/mol. The standard InChI is InChI=1S/C23H30F3NO5S/c1-5-30-21(28)15-8-6-14(7-9-15)19-13-18(27-33(29)22(2,3)4)17-11-10-16(12-20(17)31-19)32-23(24,25)26/h10-12,14-15,19H,5-9,13H2,1-4H3/b27-18+/t14-,15+,19-,33+/m1/s1. The highest BCUT2D eigenvalue weighted by molar-refractivity contribution is 7.91. The zero-order chi connectivity index (χ0) is 24.4. The first-order chi connectivity index (χ1) is 15.4. The summed E-state index contributed by atoms with van der Waals surface area (Å²) in [5, 5.41) is 0. The van der Waals surface area contributed by atoms with E-state index in [9.17, 15) is 22.5 Å². The third-order valence-corrected chi connectivity index (χ3v) is 7.24. The van der Waals surface area contributed by atoms with E-state index in [1.807, 2.05) is 20.8 Å². The van der Waals surface area contributed by atoms with Gasteiger partial charge in [-0.25, -0.2) is 0 Å². The summed E-state index contributed by atoms with van der Waals surface area (Å²) < 4.78 is 70.0. The van der Waals surface area contributed by atoms with Crippen molar-refractivity contribution in [2.75, 3.05) is 6.61 Å². The maximum atomic E-state index is 12.7. The average Bonchev–Trinajstić information content (AvgIpc) is 2.71. The number of ether oxygens (including phenoxy) is 3. The van der Waals surface area contributed by atoms with Crippen LogP contribution in [0.2, 0.25) is 0 Å². The average molecular weight is 490 g/mol. The molecule has 0 amide bonds. The third-order valence-electron chi connectivity index (χ3n) is 5.80. The second-order valence-corrected chi connectivity index (χ2v) is 11.2. The molecule has 0 spiro atoms. The smallest absolute Gasteiger partial charge is 0.573 e. The van der Waals surface area contributed by atoms with Crippen molar-refractivity contribution >= 4 is 23.0 Å². The van der Waals surface area contributed by atoms with Crippen molar-refractivity contribution in [1.82, 2.24) is 0 Å². The van der Waals surface area contributed by atoms with Crippen LogP contribution in [0, 0.1) is 11.8 Å². The van der Waals surface area contributed by atoms with Crippen molar-refractivity contribution in [2.45, 2.75) is 77.0 Å². The lowest BCUT2D eigenvalue weighted by molar-refractivity contribution is -0.274. The molecule has 1 aromatic carbocycles. The third kappa shape index (κ3) is 6.79. The van der Waals surface area contributed by atoms with Crippen LogP contribution < -0.4 is 9.47 Å². The van der Waals surface area contributed by atoms with E-state index >= 15 is 0 Å². The topological polar surface area (TPSA) is 80.2 Å². The maximum absolute atomic E-state index is 12.7. The van der Waals surface area contributed by atoms with Gasteiger partial charge in [-0.2, -0.15) is 0 Å². The molecule has 1 fully saturated rings. The van der Waals surface area contributed by atoms with Crippen molar-refractivity contribution < 1.29 is 36.7 Å². The number of esters is 1. The van der Waals surface area contributed by atoms with Crippen LogP contribution in [0.4, 0.5) is 13.2 Å². The number of rotatable bonds is 5. The summed E-state index contributed by atoms with van der Waals surface area (Å²) >= 11 is -1.54. The lowest BCUT2D eigenvalue weighted by atomic mass is 9.77. The predicted octanol–water partition coefficient (Wildman–Crippen LogP) is 5.36. The second-order valence-electron chi connectivity index (χ2n) is 9.33. The fourth-order valence-electron chi connectivity index (χ4n) is 4.11. The molecule has 1 aromatic rings. The van der Waals surface area contributed by atoms with Crippen LogP contribution in [-0.4, -0.2) is 40.1 Å². The van der Waals surface area contributed by atoms with Crippen LogP contribution in [0.5, 0.6) is 11.5 Å². The molecule has 3 rings (SSSR count). The molecule has 6 nitrogen and oxygen atoms in total. The Morgan fingerprint density at radius 1 is 1.21 bits per heavy atom. The quantitative estimate of drug-likeness (QED) is 0.411. The van der Waals surface area contributed by atoms with E-state index in [0.717, 1.165) is 12.8 Å². The fourth-order valence-corrected chi connectivity index (χ4v) is 4.76. The molecule has 2 atom stereocenters. The molecule has 1 saturated carbocycles. The van der Waals surface area contributed by atoms with Crippen molar-refractivity contribution in [2.24, 2.45) is 16.2 Å². The molecule has 10 heteroatoms. The summed E-state index contributed by atoms with van der Waals surface area (Å²) in [4.78, 5) is 12.1. The van der Waals surface area contributed by atoms with E-state index in [-0.39, 0.29) is 35.4 Å². The Morgan fingerprint density at radius 3 is 2.45 bits per heavy atom. The summed E-state index contributed by atoms with van der Waals surface area (Å²) in [7, 11) is 0. The minimum atomic E-state index is -4.82. The fraction of sp³-hybridized carbons (Fsp3) is 0.652. The number of hydrogen-bond donors (Lipinski definition) is 0. The van der Waals surface area contributed by atoms with Gasteiger partial charge in [0.25, 0.3) is 0 Å². The minimum Gasteiger partial charge on any atom is -0.591 e. The van der Waals surface area contributed by atoms with Crippen LogP contribution in [0.3, 0.4) is 0 Å². The molecule has 0 bridgehead atoms. The summed E-state index contributed by atoms with van der Waals surface area (Å²) in [5.74, 6) is -0.410. The lowest BCUT2D eigenvalue weighted by Gasteiger charge is -2.36. The summed E-state index contributed by atoms with van der Waals surface area (Å²) in [6.45, 7) is 7.54. The summed E-state index contributed by atoms with van der Waals surface area (Å²) in [5.41, 5.74) is 1.05. The van der Waals surface area contributed by atoms with Gasteiger partial charge in [0.1, 0.15) is 39.4 Å². The molecule has 2 aliphatic rings. The van der Waals surface area contributed by atoms with E-state index in [4.69, 9.17) is 9.47 Å². The molecule has 1 aliphatic carbocycles. The van der Waals surface area contributed by atoms with Crippen LogP contribution in [0.15, 0.2) is 22.6 Å². The highest BCUT2D eigenvalue weighted by Gasteiger charge is 2.38. The Morgan fingerprint density at radius 2 is 1.88 bits per heavy atom. The highest BCUT2D eigenvalue weighted by atomic mass is 32.2. The van der Waals surface area contributed by atoms with Crippen LogP contribution in [0.25, 0.3) is 0 Å². The second kappa shape index (κ2) is 10.1. The Balaban J connectivity index is 1.84. The van der Waals surface area contributed by atoms with Gasteiger partial charge in [0, 0.05) is 18.1 Å². The van der Waals surface area contributed by atoms with Gasteiger partial charge in [0.15, 0.2) is 0 Å². The number of halogens is 3. The number of hydrogen-bond acceptors (Lipinski definition) is 6. The van der Waals surface area contributed by atoms with Gasteiger partial charge < -0.3 is 18.8 Å². The number of carbonyl (C=O) groups excluding carboxylic acids is 1. The Kier molecular flexibility index (Phi) is 7.88. The largest absolute Gasteiger partial charge is 0.591 e. The molecular formula is C23H30F3NO5S. The molecule has 0 N–H and O–H groups in total. The van der Waals surface area contributed by atoms with Crippen molar-refractivity contribution in [1.29, 1.82) is 0 Å². The van der Waals surface area contributed by atoms with E-state index in [1.165, 1.54) is 18.2 Å². The van der Waals surface area contributed by atoms with Crippen LogP contribution in [-0.2, 0) is 20.9 Å². The van der Waals surface area contributed by atoms with Gasteiger partial charge in [-0.05, 0) is 71.4 Å². The van der Waals surface area contributed by atoms with Crippen LogP contribution >= 0.6 is 0 Å². The molecule has 0 unspecified atom stereocenters. The van der Waals surface area contributed by atoms with E-state index in [0.29, 0.717) is 37.1 Å². The molecule has 0 aromatic heterocycles. The SMILES string of the molecule is CCOC(=O)[C@H]1CC[C@@H]([C@H]2C/C(=N\[S@@+]([O-])C(C)(C)C)c3ccc(OC(F)(F)F)cc3O2)CC1. The van der Waals surface area contributed by atoms with E-state index in [1.54, 1.807) is 6.92 Å². The van der Waals surface area contributed by atoms with Crippen molar-refractivity contribution in [3.8, 4) is 11.5 Å². The summed E-state index contributed by atoms with van der Waals surface area (Å²) in [6.07, 6.45) is -2.02. The summed E-state index contributed by atoms with van der Waals surface area (Å²) in [6, 6.07) is 3.87. The van der Waals surface area contributed by atoms with Gasteiger partial charge in [0.2, 0.25) is 0 Å². The normalized spacial score (nSPS) is 25.7. The number of alkyl halides is 3. The van der Waals surface area contributed by atoms with Gasteiger partial charge in [-0.3, -0.25) is 4.79 Å². The Hall–Kier alpha value is -1.94. The van der Waals surface area contributed by atoms with Crippen molar-refractivity contribution in [3.05, 3.63) is 23.8 Å². The lowest BCUT2D eigenvalue weighted by Crippen LogP contribution is -2.38. The van der Waals surface area contributed by atoms with E-state index in [2.05, 4.69) is 9.13 Å². The maximum Gasteiger partial charge on any atom is 0.573 e. The molecule has 33 heavy (non-hydrogen) atoms. The number of benzene rings is 1. The Bertz CT molecular complexity index is 876. The number of fused-ring (bicyclic) bond motifs is 1. The monoisotopic (exact) mass is 489 g/mol. The molecule has 1 heterocycles. The molecule has 0 radical (unpaired) electrons. The zero-order valence-corrected chi connectivity index (χ0v) is 20.1. The van der Waals surface area contributed by atoms with Gasteiger partial charge in [0.05, 0.1) is 12.5 Å². The molecule has 184 valence electrons.